The molecule has 4 rings (SSSR count). The second-order valence-electron chi connectivity index (χ2n) is 7.56. The van der Waals surface area contributed by atoms with Crippen LogP contribution in [0.2, 0.25) is 0 Å². The van der Waals surface area contributed by atoms with Gasteiger partial charge in [-0.15, -0.1) is 0 Å². The number of aromatic nitrogens is 1. The van der Waals surface area contributed by atoms with Crippen LogP contribution in [0.15, 0.2) is 36.5 Å². The maximum atomic E-state index is 12.7. The maximum Gasteiger partial charge on any atom is 0.243 e. The third kappa shape index (κ3) is 4.26. The lowest BCUT2D eigenvalue weighted by Crippen LogP contribution is -2.31. The van der Waals surface area contributed by atoms with Crippen LogP contribution in [0.5, 0.6) is 23.1 Å². The van der Waals surface area contributed by atoms with Crippen LogP contribution in [0.1, 0.15) is 20.3 Å². The van der Waals surface area contributed by atoms with E-state index in [9.17, 15) is 9.59 Å². The van der Waals surface area contributed by atoms with E-state index in [1.165, 1.54) is 0 Å². The fourth-order valence-corrected chi connectivity index (χ4v) is 3.42. The monoisotopic (exact) mass is 397 g/mol. The van der Waals surface area contributed by atoms with Crippen LogP contribution >= 0.6 is 0 Å². The molecule has 0 radical (unpaired) electrons. The van der Waals surface area contributed by atoms with Crippen LogP contribution in [-0.2, 0) is 9.59 Å². The zero-order valence-electron chi connectivity index (χ0n) is 16.4. The first-order chi connectivity index (χ1) is 14.0. The van der Waals surface area contributed by atoms with Crippen molar-refractivity contribution in [1.82, 2.24) is 9.88 Å². The van der Waals surface area contributed by atoms with E-state index in [0.717, 1.165) is 0 Å². The van der Waals surface area contributed by atoms with E-state index in [1.54, 1.807) is 41.4 Å². The van der Waals surface area contributed by atoms with Gasteiger partial charge in [0.1, 0.15) is 11.4 Å². The third-order valence-electron chi connectivity index (χ3n) is 4.76. The van der Waals surface area contributed by atoms with Crippen molar-refractivity contribution in [2.45, 2.75) is 20.3 Å². The molecule has 1 atom stereocenters. The number of carbonyl (C=O) groups excluding carboxylic acids is 2. The minimum absolute atomic E-state index is 0.0156. The standard InChI is InChI=1S/C21H23N3O5/c1-13(2)10-24-11-14(8-19(24)25)20(26)23-16-4-3-7-22-21(16)29-15-5-6-17-18(9-15)28-12-27-17/h3-7,9,13-14H,8,10-12H2,1-2H3,(H,23,26)/t14-/m1/s1. The summed E-state index contributed by atoms with van der Waals surface area (Å²) < 4.78 is 16.5. The number of likely N-dealkylation sites (tertiary alicyclic amines) is 1. The van der Waals surface area contributed by atoms with Crippen LogP contribution in [0.4, 0.5) is 5.69 Å². The van der Waals surface area contributed by atoms with Crippen molar-refractivity contribution in [1.29, 1.82) is 0 Å². The quantitative estimate of drug-likeness (QED) is 0.806. The number of hydrogen-bond donors (Lipinski definition) is 1. The fourth-order valence-electron chi connectivity index (χ4n) is 3.42. The summed E-state index contributed by atoms with van der Waals surface area (Å²) in [5.74, 6) is 1.81. The Labute approximate surface area is 168 Å². The number of amides is 2. The van der Waals surface area contributed by atoms with Crippen LogP contribution < -0.4 is 19.5 Å². The van der Waals surface area contributed by atoms with Crippen molar-refractivity contribution in [2.24, 2.45) is 11.8 Å². The van der Waals surface area contributed by atoms with Crippen molar-refractivity contribution in [2.75, 3.05) is 25.2 Å². The van der Waals surface area contributed by atoms with E-state index in [1.807, 2.05) is 0 Å². The molecular weight excluding hydrogens is 374 g/mol. The molecule has 1 saturated heterocycles. The fraction of sp³-hybridized carbons (Fsp3) is 0.381. The molecular formula is C21H23N3O5. The first kappa shape index (κ1) is 19.0. The lowest BCUT2D eigenvalue weighted by atomic mass is 10.1. The predicted octanol–water partition coefficient (Wildman–Crippen LogP) is 3.05. The molecule has 8 heteroatoms. The van der Waals surface area contributed by atoms with Gasteiger partial charge in [-0.2, -0.15) is 0 Å². The Kier molecular flexibility index (Phi) is 5.24. The zero-order valence-corrected chi connectivity index (χ0v) is 16.4. The minimum Gasteiger partial charge on any atom is -0.454 e. The van der Waals surface area contributed by atoms with Crippen LogP contribution in [-0.4, -0.2) is 41.6 Å². The Balaban J connectivity index is 1.45. The van der Waals surface area contributed by atoms with Gasteiger partial charge in [0.25, 0.3) is 0 Å². The second-order valence-corrected chi connectivity index (χ2v) is 7.56. The first-order valence-corrected chi connectivity index (χ1v) is 9.61. The first-order valence-electron chi connectivity index (χ1n) is 9.61. The molecule has 2 aliphatic heterocycles. The number of hydrogen-bond acceptors (Lipinski definition) is 6. The largest absolute Gasteiger partial charge is 0.454 e. The van der Waals surface area contributed by atoms with E-state index < -0.39 is 0 Å². The predicted molar refractivity (Wildman–Crippen MR) is 105 cm³/mol. The van der Waals surface area contributed by atoms with Gasteiger partial charge in [0.2, 0.25) is 24.5 Å². The topological polar surface area (TPSA) is 90.0 Å². The van der Waals surface area contributed by atoms with E-state index in [0.29, 0.717) is 41.9 Å². The summed E-state index contributed by atoms with van der Waals surface area (Å²) >= 11 is 0. The highest BCUT2D eigenvalue weighted by Gasteiger charge is 2.34. The number of carbonyl (C=O) groups is 2. The minimum atomic E-state index is -0.389. The SMILES string of the molecule is CC(C)CN1C[C@H](C(=O)Nc2cccnc2Oc2ccc3c(c2)OCO3)CC1=O. The molecule has 2 amide bonds. The van der Waals surface area contributed by atoms with Crippen LogP contribution in [0.3, 0.4) is 0 Å². The second kappa shape index (κ2) is 7.98. The summed E-state index contributed by atoms with van der Waals surface area (Å²) in [5.41, 5.74) is 0.449. The number of nitrogens with one attached hydrogen (secondary N) is 1. The van der Waals surface area contributed by atoms with E-state index >= 15 is 0 Å². The molecule has 0 aliphatic carbocycles. The number of nitrogens with zero attached hydrogens (tertiary/aromatic N) is 2. The Morgan fingerprint density at radius 2 is 2.14 bits per heavy atom. The van der Waals surface area contributed by atoms with Gasteiger partial charge in [0, 0.05) is 31.8 Å². The molecule has 1 aromatic heterocycles. The molecule has 1 aromatic carbocycles. The summed E-state index contributed by atoms with van der Waals surface area (Å²) in [5, 5.41) is 2.86. The Bertz CT molecular complexity index is 930. The summed E-state index contributed by atoms with van der Waals surface area (Å²) in [6.07, 6.45) is 1.80. The highest BCUT2D eigenvalue weighted by molar-refractivity contribution is 5.97. The molecule has 0 bridgehead atoms. The average Bonchev–Trinajstić information content (AvgIpc) is 3.29. The van der Waals surface area contributed by atoms with Gasteiger partial charge < -0.3 is 24.4 Å². The van der Waals surface area contributed by atoms with Crippen molar-refractivity contribution >= 4 is 17.5 Å². The molecule has 2 aliphatic rings. The van der Waals surface area contributed by atoms with E-state index in [2.05, 4.69) is 24.1 Å². The van der Waals surface area contributed by atoms with Gasteiger partial charge in [0.05, 0.1) is 5.92 Å². The molecule has 0 saturated carbocycles. The van der Waals surface area contributed by atoms with E-state index in [4.69, 9.17) is 14.2 Å². The Morgan fingerprint density at radius 3 is 2.97 bits per heavy atom. The number of benzene rings is 1. The average molecular weight is 397 g/mol. The molecule has 2 aromatic rings. The molecule has 0 spiro atoms. The van der Waals surface area contributed by atoms with Gasteiger partial charge >= 0.3 is 0 Å². The van der Waals surface area contributed by atoms with Gasteiger partial charge in [0.15, 0.2) is 11.5 Å². The van der Waals surface area contributed by atoms with Crippen molar-refractivity contribution in [3.63, 3.8) is 0 Å². The summed E-state index contributed by atoms with van der Waals surface area (Å²) in [4.78, 5) is 30.9. The Morgan fingerprint density at radius 1 is 1.31 bits per heavy atom. The number of pyridine rings is 1. The highest BCUT2D eigenvalue weighted by atomic mass is 16.7. The lowest BCUT2D eigenvalue weighted by molar-refractivity contribution is -0.128. The highest BCUT2D eigenvalue weighted by Crippen LogP contribution is 2.37. The molecule has 29 heavy (non-hydrogen) atoms. The van der Waals surface area contributed by atoms with Gasteiger partial charge in [-0.05, 0) is 30.2 Å². The summed E-state index contributed by atoms with van der Waals surface area (Å²) in [6, 6.07) is 8.64. The summed E-state index contributed by atoms with van der Waals surface area (Å²) in [6.45, 7) is 5.37. The molecule has 152 valence electrons. The lowest BCUT2D eigenvalue weighted by Gasteiger charge is -2.19. The number of rotatable bonds is 6. The van der Waals surface area contributed by atoms with Crippen molar-refractivity contribution in [3.05, 3.63) is 36.5 Å². The molecule has 3 heterocycles. The van der Waals surface area contributed by atoms with Gasteiger partial charge in [-0.25, -0.2) is 4.98 Å². The number of fused-ring (bicyclic) bond motifs is 1. The van der Waals surface area contributed by atoms with E-state index in [-0.39, 0.29) is 36.8 Å². The van der Waals surface area contributed by atoms with Gasteiger partial charge in [-0.1, -0.05) is 13.8 Å². The molecule has 0 unspecified atom stereocenters. The van der Waals surface area contributed by atoms with Gasteiger partial charge in [-0.3, -0.25) is 9.59 Å². The molecule has 1 fully saturated rings. The number of ether oxygens (including phenoxy) is 3. The molecule has 1 N–H and O–H groups in total. The normalized spacial score (nSPS) is 17.7. The maximum absolute atomic E-state index is 12.7. The smallest absolute Gasteiger partial charge is 0.243 e. The van der Waals surface area contributed by atoms with Crippen molar-refractivity contribution in [3.8, 4) is 23.1 Å². The van der Waals surface area contributed by atoms with Crippen LogP contribution in [0.25, 0.3) is 0 Å². The number of anilines is 1. The van der Waals surface area contributed by atoms with Crippen molar-refractivity contribution < 1.29 is 23.8 Å². The third-order valence-corrected chi connectivity index (χ3v) is 4.76. The summed E-state index contributed by atoms with van der Waals surface area (Å²) in [7, 11) is 0. The molecule has 8 nitrogen and oxygen atoms in total. The van der Waals surface area contributed by atoms with Crippen LogP contribution in [0, 0.1) is 11.8 Å². The Hall–Kier alpha value is -3.29. The zero-order chi connectivity index (χ0) is 20.4.